The van der Waals surface area contributed by atoms with Crippen LogP contribution in [0.1, 0.15) is 31.1 Å². The molecular formula is C17H27N3O. The van der Waals surface area contributed by atoms with Crippen molar-refractivity contribution in [3.8, 4) is 0 Å². The third kappa shape index (κ3) is 3.63. The van der Waals surface area contributed by atoms with Crippen molar-refractivity contribution in [1.29, 1.82) is 0 Å². The molecule has 1 fully saturated rings. The first kappa shape index (κ1) is 16.0. The van der Waals surface area contributed by atoms with Crippen LogP contribution in [-0.4, -0.2) is 48.9 Å². The Morgan fingerprint density at radius 3 is 2.43 bits per heavy atom. The third-order valence-electron chi connectivity index (χ3n) is 4.08. The number of rotatable bonds is 5. The molecule has 2 rings (SSSR count). The van der Waals surface area contributed by atoms with Crippen molar-refractivity contribution in [3.05, 3.63) is 35.4 Å². The quantitative estimate of drug-likeness (QED) is 0.901. The van der Waals surface area contributed by atoms with E-state index in [0.717, 1.165) is 12.1 Å². The Morgan fingerprint density at radius 2 is 1.90 bits per heavy atom. The smallest absolute Gasteiger partial charge is 0.238 e. The fourth-order valence-corrected chi connectivity index (χ4v) is 2.92. The number of nitrogens with zero attached hydrogens (tertiary/aromatic N) is 2. The standard InChI is InChI=1S/C17H27N3O/c1-12(2)15(11-19(4)5)20-16(21)10-18-17(20)14-8-6-13(3)7-9-14/h6-9,12,15,17-18H,10-11H2,1-5H3. The molecule has 0 saturated carbocycles. The van der Waals surface area contributed by atoms with Crippen LogP contribution in [0, 0.1) is 12.8 Å². The molecule has 4 nitrogen and oxygen atoms in total. The number of amides is 1. The number of aryl methyl sites for hydroxylation is 1. The van der Waals surface area contributed by atoms with E-state index in [1.165, 1.54) is 5.56 Å². The molecule has 0 spiro atoms. The van der Waals surface area contributed by atoms with Gasteiger partial charge in [0.05, 0.1) is 6.54 Å². The molecule has 2 atom stereocenters. The van der Waals surface area contributed by atoms with Gasteiger partial charge in [0.15, 0.2) is 0 Å². The predicted octanol–water partition coefficient (Wildman–Crippen LogP) is 2.01. The van der Waals surface area contributed by atoms with E-state index < -0.39 is 0 Å². The van der Waals surface area contributed by atoms with Gasteiger partial charge in [0.25, 0.3) is 0 Å². The Bertz CT molecular complexity index is 481. The maximum atomic E-state index is 12.4. The zero-order chi connectivity index (χ0) is 15.6. The molecule has 1 aromatic rings. The van der Waals surface area contributed by atoms with Crippen molar-refractivity contribution in [1.82, 2.24) is 15.1 Å². The van der Waals surface area contributed by atoms with Crippen LogP contribution in [0.3, 0.4) is 0 Å². The SMILES string of the molecule is Cc1ccc(C2NCC(=O)N2C(CN(C)C)C(C)C)cc1. The maximum absolute atomic E-state index is 12.4. The fraction of sp³-hybridized carbons (Fsp3) is 0.588. The molecule has 2 unspecified atom stereocenters. The monoisotopic (exact) mass is 289 g/mol. The van der Waals surface area contributed by atoms with Gasteiger partial charge in [0, 0.05) is 12.6 Å². The van der Waals surface area contributed by atoms with Crippen LogP contribution < -0.4 is 5.32 Å². The summed E-state index contributed by atoms with van der Waals surface area (Å²) in [7, 11) is 4.12. The van der Waals surface area contributed by atoms with Crippen LogP contribution in [0.5, 0.6) is 0 Å². The van der Waals surface area contributed by atoms with Crippen molar-refractivity contribution in [2.75, 3.05) is 27.2 Å². The Balaban J connectivity index is 2.28. The summed E-state index contributed by atoms with van der Waals surface area (Å²) in [6.45, 7) is 7.76. The molecule has 0 bridgehead atoms. The normalized spacial score (nSPS) is 20.6. The topological polar surface area (TPSA) is 35.6 Å². The van der Waals surface area contributed by atoms with Gasteiger partial charge < -0.3 is 9.80 Å². The minimum absolute atomic E-state index is 0.00884. The van der Waals surface area contributed by atoms with Gasteiger partial charge in [-0.1, -0.05) is 43.7 Å². The lowest BCUT2D eigenvalue weighted by Gasteiger charge is -2.37. The molecule has 0 aromatic heterocycles. The summed E-state index contributed by atoms with van der Waals surface area (Å²) >= 11 is 0. The second-order valence-electron chi connectivity index (χ2n) is 6.57. The largest absolute Gasteiger partial charge is 0.317 e. The molecule has 1 N–H and O–H groups in total. The minimum Gasteiger partial charge on any atom is -0.317 e. The molecule has 0 aliphatic carbocycles. The van der Waals surface area contributed by atoms with Crippen LogP contribution in [0.2, 0.25) is 0 Å². The first-order chi connectivity index (χ1) is 9.90. The second kappa shape index (κ2) is 6.58. The van der Waals surface area contributed by atoms with Crippen molar-refractivity contribution in [2.24, 2.45) is 5.92 Å². The van der Waals surface area contributed by atoms with E-state index in [1.54, 1.807) is 0 Å². The molecule has 21 heavy (non-hydrogen) atoms. The van der Waals surface area contributed by atoms with Crippen molar-refractivity contribution >= 4 is 5.91 Å². The summed E-state index contributed by atoms with van der Waals surface area (Å²) in [5, 5.41) is 3.36. The summed E-state index contributed by atoms with van der Waals surface area (Å²) in [5.74, 6) is 0.616. The van der Waals surface area contributed by atoms with Gasteiger partial charge in [-0.2, -0.15) is 0 Å². The maximum Gasteiger partial charge on any atom is 0.238 e. The summed E-state index contributed by atoms with van der Waals surface area (Å²) in [4.78, 5) is 16.6. The van der Waals surface area contributed by atoms with E-state index in [2.05, 4.69) is 69.3 Å². The molecule has 116 valence electrons. The molecule has 1 amide bonds. The fourth-order valence-electron chi connectivity index (χ4n) is 2.92. The van der Waals surface area contributed by atoms with Crippen LogP contribution in [0.15, 0.2) is 24.3 Å². The Labute approximate surface area is 128 Å². The highest BCUT2D eigenvalue weighted by Crippen LogP contribution is 2.28. The van der Waals surface area contributed by atoms with Crippen LogP contribution in [0.4, 0.5) is 0 Å². The van der Waals surface area contributed by atoms with E-state index in [1.807, 2.05) is 4.90 Å². The first-order valence-electron chi connectivity index (χ1n) is 7.66. The van der Waals surface area contributed by atoms with Gasteiger partial charge in [-0.05, 0) is 32.5 Å². The lowest BCUT2D eigenvalue weighted by Crippen LogP contribution is -2.47. The van der Waals surface area contributed by atoms with Crippen LogP contribution >= 0.6 is 0 Å². The van der Waals surface area contributed by atoms with E-state index in [0.29, 0.717) is 12.5 Å². The molecule has 1 heterocycles. The van der Waals surface area contributed by atoms with Crippen molar-refractivity contribution < 1.29 is 4.79 Å². The summed E-state index contributed by atoms with van der Waals surface area (Å²) in [6.07, 6.45) is -0.00884. The van der Waals surface area contributed by atoms with Crippen LogP contribution in [-0.2, 0) is 4.79 Å². The predicted molar refractivity (Wildman–Crippen MR) is 85.9 cm³/mol. The highest BCUT2D eigenvalue weighted by atomic mass is 16.2. The van der Waals surface area contributed by atoms with Gasteiger partial charge in [0.1, 0.15) is 6.17 Å². The van der Waals surface area contributed by atoms with Crippen molar-refractivity contribution in [2.45, 2.75) is 33.0 Å². The lowest BCUT2D eigenvalue weighted by atomic mass is 10.00. The third-order valence-corrected chi connectivity index (χ3v) is 4.08. The zero-order valence-corrected chi connectivity index (χ0v) is 13.8. The molecule has 1 aliphatic rings. The molecule has 4 heteroatoms. The van der Waals surface area contributed by atoms with E-state index in [9.17, 15) is 4.79 Å². The van der Waals surface area contributed by atoms with Gasteiger partial charge in [0.2, 0.25) is 5.91 Å². The number of hydrogen-bond donors (Lipinski definition) is 1. The molecule has 1 saturated heterocycles. The van der Waals surface area contributed by atoms with E-state index in [4.69, 9.17) is 0 Å². The highest BCUT2D eigenvalue weighted by Gasteiger charge is 2.38. The average molecular weight is 289 g/mol. The number of benzene rings is 1. The van der Waals surface area contributed by atoms with Crippen molar-refractivity contribution in [3.63, 3.8) is 0 Å². The van der Waals surface area contributed by atoms with Gasteiger partial charge in [-0.15, -0.1) is 0 Å². The second-order valence-corrected chi connectivity index (χ2v) is 6.57. The van der Waals surface area contributed by atoms with E-state index >= 15 is 0 Å². The summed E-state index contributed by atoms with van der Waals surface area (Å²) in [6, 6.07) is 8.66. The Morgan fingerprint density at radius 1 is 1.29 bits per heavy atom. The Kier molecular flexibility index (Phi) is 5.01. The number of carbonyl (C=O) groups excluding carboxylic acids is 1. The summed E-state index contributed by atoms with van der Waals surface area (Å²) in [5.41, 5.74) is 2.40. The zero-order valence-electron chi connectivity index (χ0n) is 13.8. The molecule has 1 aliphatic heterocycles. The van der Waals surface area contributed by atoms with Gasteiger partial charge in [-0.3, -0.25) is 10.1 Å². The molecule has 0 radical (unpaired) electrons. The lowest BCUT2D eigenvalue weighted by molar-refractivity contribution is -0.131. The Hall–Kier alpha value is -1.39. The minimum atomic E-state index is -0.00884. The highest BCUT2D eigenvalue weighted by molar-refractivity contribution is 5.81. The average Bonchev–Trinajstić information content (AvgIpc) is 2.78. The first-order valence-corrected chi connectivity index (χ1v) is 7.66. The van der Waals surface area contributed by atoms with Gasteiger partial charge in [-0.25, -0.2) is 0 Å². The molecule has 1 aromatic carbocycles. The number of nitrogens with one attached hydrogen (secondary N) is 1. The van der Waals surface area contributed by atoms with Gasteiger partial charge >= 0.3 is 0 Å². The molecular weight excluding hydrogens is 262 g/mol. The number of carbonyl (C=O) groups is 1. The number of hydrogen-bond acceptors (Lipinski definition) is 3. The summed E-state index contributed by atoms with van der Waals surface area (Å²) < 4.78 is 0. The number of likely N-dealkylation sites (N-methyl/N-ethyl adjacent to an activating group) is 1. The van der Waals surface area contributed by atoms with E-state index in [-0.39, 0.29) is 18.1 Å². The van der Waals surface area contributed by atoms with Crippen LogP contribution in [0.25, 0.3) is 0 Å².